The number of aromatic nitrogens is 2. The lowest BCUT2D eigenvalue weighted by Gasteiger charge is -2.14. The number of halogens is 1. The first kappa shape index (κ1) is 22.6. The fourth-order valence-corrected chi connectivity index (χ4v) is 4.48. The lowest BCUT2D eigenvalue weighted by atomic mass is 10.1. The average Bonchev–Trinajstić information content (AvgIpc) is 2.87. The molecule has 0 saturated carbocycles. The Morgan fingerprint density at radius 2 is 1.71 bits per heavy atom. The minimum Gasteiger partial charge on any atom is -0.493 e. The number of H-pyrrole nitrogens is 1. The molecule has 0 unspecified atom stereocenters. The first-order chi connectivity index (χ1) is 17.0. The van der Waals surface area contributed by atoms with E-state index in [1.54, 1.807) is 43.5 Å². The van der Waals surface area contributed by atoms with Crippen LogP contribution in [0.25, 0.3) is 21.7 Å². The predicted molar refractivity (Wildman–Crippen MR) is 141 cm³/mol. The Morgan fingerprint density at radius 1 is 0.971 bits per heavy atom. The van der Waals surface area contributed by atoms with E-state index in [1.165, 1.54) is 6.21 Å². The molecule has 0 atom stereocenters. The van der Waals surface area contributed by atoms with Crippen LogP contribution in [-0.4, -0.2) is 23.0 Å². The highest BCUT2D eigenvalue weighted by Crippen LogP contribution is 2.37. The van der Waals surface area contributed by atoms with E-state index in [9.17, 15) is 9.59 Å². The van der Waals surface area contributed by atoms with Crippen LogP contribution >= 0.6 is 15.9 Å². The topological polar surface area (TPSA) is 85.7 Å². The summed E-state index contributed by atoms with van der Waals surface area (Å²) >= 11 is 3.55. The van der Waals surface area contributed by atoms with Gasteiger partial charge in [0.15, 0.2) is 11.5 Å². The Balaban J connectivity index is 1.44. The number of rotatable bonds is 6. The standard InChI is InChI=1S/C27H20BrN3O4/c1-34-24-14-17(15-29-31-26(32)21-11-4-5-12-23(21)30-27(31)33)13-22(28)25(24)35-16-19-9-6-8-18-7-2-3-10-20(18)19/h2-15H,16H2,1H3,(H,30,33). The molecule has 0 fully saturated rings. The van der Waals surface area contributed by atoms with E-state index in [-0.39, 0.29) is 0 Å². The summed E-state index contributed by atoms with van der Waals surface area (Å²) in [6.07, 6.45) is 1.42. The van der Waals surface area contributed by atoms with Crippen molar-refractivity contribution in [2.24, 2.45) is 5.10 Å². The normalized spacial score (nSPS) is 11.4. The third-order valence-corrected chi connectivity index (χ3v) is 6.20. The zero-order valence-corrected chi connectivity index (χ0v) is 20.3. The quantitative estimate of drug-likeness (QED) is 0.311. The molecule has 5 rings (SSSR count). The summed E-state index contributed by atoms with van der Waals surface area (Å²) in [7, 11) is 1.55. The Labute approximate surface area is 208 Å². The van der Waals surface area contributed by atoms with Gasteiger partial charge < -0.3 is 14.5 Å². The summed E-state index contributed by atoms with van der Waals surface area (Å²) in [5.74, 6) is 1.03. The Morgan fingerprint density at radius 3 is 2.54 bits per heavy atom. The number of benzene rings is 4. The molecule has 0 radical (unpaired) electrons. The van der Waals surface area contributed by atoms with Gasteiger partial charge in [-0.25, -0.2) is 4.79 Å². The number of hydrogen-bond acceptors (Lipinski definition) is 5. The minimum absolute atomic E-state index is 0.353. The highest BCUT2D eigenvalue weighted by molar-refractivity contribution is 9.10. The maximum absolute atomic E-state index is 12.7. The number of fused-ring (bicyclic) bond motifs is 2. The zero-order chi connectivity index (χ0) is 24.4. The van der Waals surface area contributed by atoms with Crippen molar-refractivity contribution in [2.45, 2.75) is 6.61 Å². The number of ether oxygens (including phenoxy) is 2. The maximum atomic E-state index is 12.7. The summed E-state index contributed by atoms with van der Waals surface area (Å²) in [6.45, 7) is 0.353. The van der Waals surface area contributed by atoms with Crippen LogP contribution in [0.5, 0.6) is 11.5 Å². The van der Waals surface area contributed by atoms with Gasteiger partial charge in [0.1, 0.15) is 6.61 Å². The van der Waals surface area contributed by atoms with E-state index in [4.69, 9.17) is 9.47 Å². The number of aromatic amines is 1. The lowest BCUT2D eigenvalue weighted by molar-refractivity contribution is 0.283. The molecular weight excluding hydrogens is 510 g/mol. The van der Waals surface area contributed by atoms with Crippen LogP contribution in [0.1, 0.15) is 11.1 Å². The van der Waals surface area contributed by atoms with E-state index in [0.29, 0.717) is 39.0 Å². The van der Waals surface area contributed by atoms with Gasteiger partial charge in [-0.2, -0.15) is 5.10 Å². The van der Waals surface area contributed by atoms with Gasteiger partial charge in [0.25, 0.3) is 5.56 Å². The fourth-order valence-electron chi connectivity index (χ4n) is 3.91. The molecule has 35 heavy (non-hydrogen) atoms. The second-order valence-corrected chi connectivity index (χ2v) is 8.65. The molecule has 7 nitrogen and oxygen atoms in total. The molecule has 0 spiro atoms. The fraction of sp³-hybridized carbons (Fsp3) is 0.0741. The summed E-state index contributed by atoms with van der Waals surface area (Å²) in [5.41, 5.74) is 1.02. The van der Waals surface area contributed by atoms with Crippen LogP contribution < -0.4 is 20.7 Å². The third kappa shape index (κ3) is 4.48. The summed E-state index contributed by atoms with van der Waals surface area (Å²) in [6, 6.07) is 24.5. The second kappa shape index (κ2) is 9.60. The van der Waals surface area contributed by atoms with E-state index in [1.807, 2.05) is 24.3 Å². The van der Waals surface area contributed by atoms with Crippen LogP contribution in [0.2, 0.25) is 0 Å². The van der Waals surface area contributed by atoms with E-state index < -0.39 is 11.2 Å². The van der Waals surface area contributed by atoms with Crippen molar-refractivity contribution in [1.82, 2.24) is 9.66 Å². The van der Waals surface area contributed by atoms with Crippen molar-refractivity contribution in [2.75, 3.05) is 7.11 Å². The molecule has 1 N–H and O–H groups in total. The maximum Gasteiger partial charge on any atom is 0.349 e. The molecule has 4 aromatic carbocycles. The highest BCUT2D eigenvalue weighted by atomic mass is 79.9. The van der Waals surface area contributed by atoms with Gasteiger partial charge >= 0.3 is 5.69 Å². The van der Waals surface area contributed by atoms with Gasteiger partial charge in [-0.15, -0.1) is 4.68 Å². The number of para-hydroxylation sites is 1. The molecule has 8 heteroatoms. The van der Waals surface area contributed by atoms with Crippen molar-refractivity contribution in [3.8, 4) is 11.5 Å². The smallest absolute Gasteiger partial charge is 0.349 e. The summed E-state index contributed by atoms with van der Waals surface area (Å²) in [4.78, 5) is 27.7. The van der Waals surface area contributed by atoms with Crippen LogP contribution in [0, 0.1) is 0 Å². The van der Waals surface area contributed by atoms with E-state index >= 15 is 0 Å². The number of hydrogen-bond donors (Lipinski definition) is 1. The molecule has 1 heterocycles. The van der Waals surface area contributed by atoms with Crippen molar-refractivity contribution in [3.63, 3.8) is 0 Å². The number of nitrogens with one attached hydrogen (secondary N) is 1. The van der Waals surface area contributed by atoms with Crippen LogP contribution in [-0.2, 0) is 6.61 Å². The molecule has 0 bridgehead atoms. The van der Waals surface area contributed by atoms with Crippen molar-refractivity contribution >= 4 is 43.8 Å². The first-order valence-corrected chi connectivity index (χ1v) is 11.6. The van der Waals surface area contributed by atoms with Crippen molar-refractivity contribution in [3.05, 3.63) is 115 Å². The van der Waals surface area contributed by atoms with Gasteiger partial charge in [-0.3, -0.25) is 4.79 Å². The molecule has 174 valence electrons. The molecule has 0 saturated heterocycles. The molecule has 0 aliphatic heterocycles. The van der Waals surface area contributed by atoms with Crippen LogP contribution in [0.4, 0.5) is 0 Å². The Bertz CT molecular complexity index is 1700. The van der Waals surface area contributed by atoms with Gasteiger partial charge in [0, 0.05) is 0 Å². The number of nitrogens with zero attached hydrogens (tertiary/aromatic N) is 2. The molecular formula is C27H20BrN3O4. The molecule has 5 aromatic rings. The van der Waals surface area contributed by atoms with Gasteiger partial charge in [0.05, 0.1) is 28.7 Å². The highest BCUT2D eigenvalue weighted by Gasteiger charge is 2.13. The third-order valence-electron chi connectivity index (χ3n) is 5.61. The zero-order valence-electron chi connectivity index (χ0n) is 18.7. The second-order valence-electron chi connectivity index (χ2n) is 7.80. The molecule has 0 amide bonds. The number of methoxy groups -OCH3 is 1. The van der Waals surface area contributed by atoms with Crippen molar-refractivity contribution in [1.29, 1.82) is 0 Å². The lowest BCUT2D eigenvalue weighted by Crippen LogP contribution is -2.32. The summed E-state index contributed by atoms with van der Waals surface area (Å²) in [5, 5.41) is 6.76. The molecule has 1 aromatic heterocycles. The summed E-state index contributed by atoms with van der Waals surface area (Å²) < 4.78 is 13.1. The molecule has 0 aliphatic carbocycles. The minimum atomic E-state index is -0.619. The van der Waals surface area contributed by atoms with Crippen molar-refractivity contribution < 1.29 is 9.47 Å². The monoisotopic (exact) mass is 529 g/mol. The van der Waals surface area contributed by atoms with Crippen LogP contribution in [0.3, 0.4) is 0 Å². The van der Waals surface area contributed by atoms with Gasteiger partial charge in [0.2, 0.25) is 0 Å². The van der Waals surface area contributed by atoms with Crippen LogP contribution in [0.15, 0.2) is 98.0 Å². The SMILES string of the molecule is COc1cc(C=Nn2c(=O)[nH]c3ccccc3c2=O)cc(Br)c1OCc1cccc2ccccc12. The molecule has 0 aliphatic rings. The predicted octanol–water partition coefficient (Wildman–Crippen LogP) is 5.08. The largest absolute Gasteiger partial charge is 0.493 e. The van der Waals surface area contributed by atoms with E-state index in [2.05, 4.69) is 44.2 Å². The van der Waals surface area contributed by atoms with E-state index in [0.717, 1.165) is 21.0 Å². The Kier molecular flexibility index (Phi) is 6.20. The Hall–Kier alpha value is -4.17. The first-order valence-electron chi connectivity index (χ1n) is 10.8. The average molecular weight is 530 g/mol. The van der Waals surface area contributed by atoms with Gasteiger partial charge in [-0.1, -0.05) is 54.6 Å². The van der Waals surface area contributed by atoms with Gasteiger partial charge in [-0.05, 0) is 62.1 Å².